The van der Waals surface area contributed by atoms with Crippen LogP contribution in [0.5, 0.6) is 5.75 Å². The van der Waals surface area contributed by atoms with E-state index in [4.69, 9.17) is 5.73 Å². The molecule has 1 amide bonds. The van der Waals surface area contributed by atoms with E-state index < -0.39 is 58.0 Å². The van der Waals surface area contributed by atoms with Crippen molar-refractivity contribution in [1.82, 2.24) is 4.90 Å². The molecule has 0 spiro atoms. The van der Waals surface area contributed by atoms with Crippen LogP contribution in [0, 0.1) is 11.8 Å². The quantitative estimate of drug-likeness (QED) is 0.313. The zero-order valence-electron chi connectivity index (χ0n) is 21.1. The Kier molecular flexibility index (Phi) is 5.52. The number of allylic oxidation sites excluding steroid dienone is 1. The number of aliphatic hydroxyl groups excluding tert-OH is 2. The number of aliphatic hydroxyl groups is 3. The summed E-state index contributed by atoms with van der Waals surface area (Å²) in [4.78, 5) is 41.8. The predicted molar refractivity (Wildman–Crippen MR) is 144 cm³/mol. The lowest BCUT2D eigenvalue weighted by atomic mass is 9.58. The summed E-state index contributed by atoms with van der Waals surface area (Å²) in [6, 6.07) is 12.1. The number of phenolic OH excluding ortho intramolecular Hbond substituents is 1. The standard InChI is InChI=1S/C29H26N2O7S/c1-31(2)23-16-10-13-9-15-14(19-11-12-5-3-4-6-18(12)39-19)7-8-17(32)21(15)24(33)20(13)26(35)29(16,38)27(36)22(25(23)34)28(30)37/h3-8,11,13,16,23,32,34-35,38H,9-10H2,1-2H3,(H2,30,37). The summed E-state index contributed by atoms with van der Waals surface area (Å²) >= 11 is 1.56. The van der Waals surface area contributed by atoms with Gasteiger partial charge in [-0.3, -0.25) is 19.3 Å². The number of amides is 1. The fourth-order valence-electron chi connectivity index (χ4n) is 6.60. The number of benzene rings is 2. The molecule has 3 aliphatic rings. The van der Waals surface area contributed by atoms with Crippen LogP contribution in [-0.4, -0.2) is 68.5 Å². The summed E-state index contributed by atoms with van der Waals surface area (Å²) in [6.45, 7) is 0. The third-order valence-corrected chi connectivity index (χ3v) is 9.45. The summed E-state index contributed by atoms with van der Waals surface area (Å²) in [6.07, 6.45) is 0.291. The molecule has 9 nitrogen and oxygen atoms in total. The van der Waals surface area contributed by atoms with E-state index in [2.05, 4.69) is 0 Å². The van der Waals surface area contributed by atoms with Crippen LogP contribution in [0.4, 0.5) is 0 Å². The van der Waals surface area contributed by atoms with Crippen molar-refractivity contribution >= 4 is 38.9 Å². The van der Waals surface area contributed by atoms with Crippen molar-refractivity contribution < 1.29 is 34.8 Å². The van der Waals surface area contributed by atoms with Crippen LogP contribution in [0.3, 0.4) is 0 Å². The summed E-state index contributed by atoms with van der Waals surface area (Å²) < 4.78 is 1.07. The lowest BCUT2D eigenvalue weighted by molar-refractivity contribution is -0.148. The zero-order chi connectivity index (χ0) is 28.0. The van der Waals surface area contributed by atoms with Crippen molar-refractivity contribution in [1.29, 1.82) is 0 Å². The number of rotatable bonds is 3. The molecule has 4 unspecified atom stereocenters. The number of fused-ring (bicyclic) bond motifs is 4. The average molecular weight is 547 g/mol. The van der Waals surface area contributed by atoms with Crippen LogP contribution >= 0.6 is 11.3 Å². The first-order chi connectivity index (χ1) is 18.5. The minimum Gasteiger partial charge on any atom is -0.510 e. The van der Waals surface area contributed by atoms with Gasteiger partial charge < -0.3 is 26.2 Å². The smallest absolute Gasteiger partial charge is 0.255 e. The minimum absolute atomic E-state index is 0.00531. The molecular weight excluding hydrogens is 520 g/mol. The normalized spacial score (nSPS) is 26.6. The molecule has 39 heavy (non-hydrogen) atoms. The first-order valence-corrected chi connectivity index (χ1v) is 13.3. The molecule has 0 bridgehead atoms. The van der Waals surface area contributed by atoms with Crippen LogP contribution in [0.15, 0.2) is 65.1 Å². The van der Waals surface area contributed by atoms with E-state index in [1.54, 1.807) is 31.5 Å². The summed E-state index contributed by atoms with van der Waals surface area (Å²) in [5.41, 5.74) is 3.13. The van der Waals surface area contributed by atoms with Gasteiger partial charge >= 0.3 is 0 Å². The second-order valence-electron chi connectivity index (χ2n) is 10.6. The number of nitrogens with zero attached hydrogens (tertiary/aromatic N) is 1. The number of Topliss-reactive ketones (excluding diaryl/α,β-unsaturated/α-hetero) is 2. The molecule has 0 saturated heterocycles. The van der Waals surface area contributed by atoms with Crippen LogP contribution in [0.2, 0.25) is 0 Å². The Bertz CT molecular complexity index is 1650. The Morgan fingerprint density at radius 3 is 2.49 bits per heavy atom. The lowest BCUT2D eigenvalue weighted by Crippen LogP contribution is -2.63. The SMILES string of the molecule is CN(C)C1C(O)=C(C(N)=O)C(=O)C2(O)C(O)=C3C(=O)c4c(O)ccc(-c5cc6ccccc6s5)c4CC3CC12. The highest BCUT2D eigenvalue weighted by Crippen LogP contribution is 2.53. The van der Waals surface area contributed by atoms with E-state index in [1.807, 2.05) is 30.3 Å². The molecule has 6 N–H and O–H groups in total. The largest absolute Gasteiger partial charge is 0.510 e. The fourth-order valence-corrected chi connectivity index (χ4v) is 7.71. The Hall–Kier alpha value is -3.99. The van der Waals surface area contributed by atoms with Gasteiger partial charge in [-0.15, -0.1) is 11.3 Å². The van der Waals surface area contributed by atoms with Gasteiger partial charge in [-0.25, -0.2) is 0 Å². The summed E-state index contributed by atoms with van der Waals surface area (Å²) in [5.74, 6) is -6.60. The van der Waals surface area contributed by atoms with Crippen molar-refractivity contribution in [3.05, 3.63) is 76.3 Å². The first kappa shape index (κ1) is 25.3. The third-order valence-electron chi connectivity index (χ3n) is 8.30. The summed E-state index contributed by atoms with van der Waals surface area (Å²) in [7, 11) is 3.20. The van der Waals surface area contributed by atoms with Gasteiger partial charge in [0.1, 0.15) is 22.8 Å². The summed E-state index contributed by atoms with van der Waals surface area (Å²) in [5, 5.41) is 45.8. The van der Waals surface area contributed by atoms with Crippen molar-refractivity contribution in [2.24, 2.45) is 17.6 Å². The number of carbonyl (C=O) groups is 3. The minimum atomic E-state index is -2.65. The topological polar surface area (TPSA) is 161 Å². The van der Waals surface area contributed by atoms with E-state index in [-0.39, 0.29) is 29.7 Å². The lowest BCUT2D eigenvalue weighted by Gasteiger charge is -2.50. The van der Waals surface area contributed by atoms with E-state index in [1.165, 1.54) is 11.0 Å². The number of hydrogen-bond acceptors (Lipinski definition) is 9. The van der Waals surface area contributed by atoms with Crippen LogP contribution < -0.4 is 5.73 Å². The van der Waals surface area contributed by atoms with E-state index in [0.29, 0.717) is 5.56 Å². The van der Waals surface area contributed by atoms with Gasteiger partial charge in [0.15, 0.2) is 11.4 Å². The fraction of sp³-hybridized carbons (Fsp3) is 0.276. The molecule has 2 aromatic carbocycles. The molecule has 0 aliphatic heterocycles. The van der Waals surface area contributed by atoms with Crippen LogP contribution in [0.1, 0.15) is 22.3 Å². The molecule has 10 heteroatoms. The molecule has 1 heterocycles. The number of nitrogens with two attached hydrogens (primary N) is 1. The maximum absolute atomic E-state index is 13.9. The van der Waals surface area contributed by atoms with E-state index in [0.717, 1.165) is 20.5 Å². The van der Waals surface area contributed by atoms with E-state index in [9.17, 15) is 34.8 Å². The number of likely N-dealkylation sites (N-methyl/N-ethyl adjacent to an activating group) is 1. The molecule has 4 atom stereocenters. The second-order valence-corrected chi connectivity index (χ2v) is 11.7. The predicted octanol–water partition coefficient (Wildman–Crippen LogP) is 3.00. The second kappa shape index (κ2) is 8.51. The molecule has 6 rings (SSSR count). The number of aromatic hydroxyl groups is 1. The molecule has 200 valence electrons. The zero-order valence-corrected chi connectivity index (χ0v) is 22.0. The Labute approximate surface area is 227 Å². The average Bonchev–Trinajstić information content (AvgIpc) is 3.30. The molecule has 0 radical (unpaired) electrons. The van der Waals surface area contributed by atoms with Crippen molar-refractivity contribution in [2.75, 3.05) is 14.1 Å². The van der Waals surface area contributed by atoms with Gasteiger partial charge in [0.2, 0.25) is 5.78 Å². The van der Waals surface area contributed by atoms with Crippen molar-refractivity contribution in [2.45, 2.75) is 24.5 Å². The van der Waals surface area contributed by atoms with Gasteiger partial charge in [0, 0.05) is 21.1 Å². The number of phenols is 1. The van der Waals surface area contributed by atoms with Crippen molar-refractivity contribution in [3.63, 3.8) is 0 Å². The van der Waals surface area contributed by atoms with Crippen molar-refractivity contribution in [3.8, 4) is 16.2 Å². The first-order valence-electron chi connectivity index (χ1n) is 12.4. The Morgan fingerprint density at radius 1 is 1.10 bits per heavy atom. The number of carbonyl (C=O) groups excluding carboxylic acids is 3. The maximum atomic E-state index is 13.9. The molecule has 1 aromatic heterocycles. The van der Waals surface area contributed by atoms with Gasteiger partial charge in [0.25, 0.3) is 5.91 Å². The van der Waals surface area contributed by atoms with E-state index >= 15 is 0 Å². The highest BCUT2D eigenvalue weighted by Gasteiger charge is 2.63. The maximum Gasteiger partial charge on any atom is 0.255 e. The molecule has 3 aliphatic carbocycles. The Morgan fingerprint density at radius 2 is 1.82 bits per heavy atom. The molecule has 0 fully saturated rings. The number of primary amides is 1. The van der Waals surface area contributed by atoms with Gasteiger partial charge in [0.05, 0.1) is 11.6 Å². The number of thiophene rings is 1. The highest BCUT2D eigenvalue weighted by atomic mass is 32.1. The number of hydrogen-bond donors (Lipinski definition) is 5. The molecular formula is C29H26N2O7S. The van der Waals surface area contributed by atoms with Gasteiger partial charge in [-0.05, 0) is 73.6 Å². The monoisotopic (exact) mass is 546 g/mol. The highest BCUT2D eigenvalue weighted by molar-refractivity contribution is 7.22. The Balaban J connectivity index is 1.55. The molecule has 3 aromatic rings. The number of ketones is 2. The van der Waals surface area contributed by atoms with Crippen LogP contribution in [0.25, 0.3) is 20.5 Å². The third kappa shape index (κ3) is 3.35. The van der Waals surface area contributed by atoms with Gasteiger partial charge in [-0.1, -0.05) is 18.2 Å². The van der Waals surface area contributed by atoms with Gasteiger partial charge in [-0.2, -0.15) is 0 Å². The van der Waals surface area contributed by atoms with Crippen LogP contribution in [-0.2, 0) is 16.0 Å². The molecule has 0 saturated carbocycles.